The monoisotopic (exact) mass is 291 g/mol. The summed E-state index contributed by atoms with van der Waals surface area (Å²) in [6.07, 6.45) is 0. The molecule has 0 heterocycles. The maximum absolute atomic E-state index is 13.3. The molecular weight excluding hydrogens is 276 g/mol. The van der Waals surface area contributed by atoms with Crippen LogP contribution in [0.3, 0.4) is 0 Å². The van der Waals surface area contributed by atoms with Gasteiger partial charge in [-0.15, -0.1) is 0 Å². The normalized spacial score (nSPS) is 11.5. The number of amidine groups is 1. The minimum atomic E-state index is -0.478. The molecule has 0 saturated heterocycles. The summed E-state index contributed by atoms with van der Waals surface area (Å²) in [6.45, 7) is 0.356. The summed E-state index contributed by atoms with van der Waals surface area (Å²) in [5.74, 6) is -0.985. The number of hydrogen-bond donors (Lipinski definition) is 2. The zero-order chi connectivity index (χ0) is 15.4. The van der Waals surface area contributed by atoms with Crippen LogP contribution >= 0.6 is 0 Å². The maximum atomic E-state index is 13.3. The van der Waals surface area contributed by atoms with Gasteiger partial charge in [-0.1, -0.05) is 17.3 Å². The molecule has 3 N–H and O–H groups in total. The third kappa shape index (κ3) is 3.47. The third-order valence-corrected chi connectivity index (χ3v) is 3.11. The van der Waals surface area contributed by atoms with E-state index in [0.717, 1.165) is 0 Å². The van der Waals surface area contributed by atoms with Crippen molar-refractivity contribution in [1.82, 2.24) is 0 Å². The van der Waals surface area contributed by atoms with Crippen LogP contribution in [-0.2, 0) is 6.54 Å². The van der Waals surface area contributed by atoms with Crippen molar-refractivity contribution >= 4 is 11.5 Å². The van der Waals surface area contributed by atoms with Crippen molar-refractivity contribution in [2.45, 2.75) is 6.54 Å². The van der Waals surface area contributed by atoms with Gasteiger partial charge in [-0.05, 0) is 35.9 Å². The zero-order valence-corrected chi connectivity index (χ0v) is 11.4. The van der Waals surface area contributed by atoms with Crippen molar-refractivity contribution in [3.63, 3.8) is 0 Å². The second kappa shape index (κ2) is 6.21. The lowest BCUT2D eigenvalue weighted by molar-refractivity contribution is 0.318. The van der Waals surface area contributed by atoms with Crippen LogP contribution in [0, 0.1) is 11.6 Å². The minimum Gasteiger partial charge on any atom is -0.409 e. The highest BCUT2D eigenvalue weighted by atomic mass is 19.1. The molecule has 21 heavy (non-hydrogen) atoms. The van der Waals surface area contributed by atoms with Gasteiger partial charge in [0.1, 0.15) is 11.6 Å². The van der Waals surface area contributed by atoms with Crippen molar-refractivity contribution in [1.29, 1.82) is 0 Å². The van der Waals surface area contributed by atoms with Crippen molar-refractivity contribution in [2.24, 2.45) is 10.9 Å². The summed E-state index contributed by atoms with van der Waals surface area (Å²) in [5, 5.41) is 11.7. The summed E-state index contributed by atoms with van der Waals surface area (Å²) in [7, 11) is 1.77. The average Bonchev–Trinajstić information content (AvgIpc) is 2.48. The lowest BCUT2D eigenvalue weighted by Crippen LogP contribution is -2.22. The van der Waals surface area contributed by atoms with E-state index >= 15 is 0 Å². The molecule has 2 rings (SSSR count). The molecule has 0 aliphatic rings. The van der Waals surface area contributed by atoms with E-state index in [9.17, 15) is 8.78 Å². The summed E-state index contributed by atoms with van der Waals surface area (Å²) in [5.41, 5.74) is 7.20. The van der Waals surface area contributed by atoms with Gasteiger partial charge in [-0.25, -0.2) is 8.78 Å². The molecule has 0 atom stereocenters. The number of halogens is 2. The lowest BCUT2D eigenvalue weighted by atomic mass is 10.1. The van der Waals surface area contributed by atoms with Gasteiger partial charge < -0.3 is 15.8 Å². The number of anilines is 1. The summed E-state index contributed by atoms with van der Waals surface area (Å²) in [4.78, 5) is 1.78. The molecular formula is C15H15F2N3O. The lowest BCUT2D eigenvalue weighted by Gasteiger charge is -2.21. The molecule has 2 aromatic rings. The SMILES string of the molecule is CN(Cc1ccc(F)cc1C(N)=NO)c1cccc(F)c1. The van der Waals surface area contributed by atoms with Gasteiger partial charge in [0.2, 0.25) is 0 Å². The van der Waals surface area contributed by atoms with Crippen LogP contribution in [-0.4, -0.2) is 18.1 Å². The average molecular weight is 291 g/mol. The summed E-state index contributed by atoms with van der Waals surface area (Å²) >= 11 is 0. The zero-order valence-electron chi connectivity index (χ0n) is 11.4. The number of nitrogens with zero attached hydrogens (tertiary/aromatic N) is 2. The Morgan fingerprint density at radius 3 is 2.57 bits per heavy atom. The van der Waals surface area contributed by atoms with E-state index in [1.807, 2.05) is 0 Å². The van der Waals surface area contributed by atoms with Gasteiger partial charge in [0, 0.05) is 24.8 Å². The Morgan fingerprint density at radius 1 is 1.19 bits per heavy atom. The van der Waals surface area contributed by atoms with E-state index < -0.39 is 5.82 Å². The molecule has 4 nitrogen and oxygen atoms in total. The summed E-state index contributed by atoms with van der Waals surface area (Å²) < 4.78 is 26.5. The fraction of sp³-hybridized carbons (Fsp3) is 0.133. The van der Waals surface area contributed by atoms with Crippen LogP contribution in [0.25, 0.3) is 0 Å². The number of nitrogens with two attached hydrogens (primary N) is 1. The van der Waals surface area contributed by atoms with Crippen molar-refractivity contribution in [3.05, 3.63) is 65.2 Å². The molecule has 0 radical (unpaired) electrons. The smallest absolute Gasteiger partial charge is 0.170 e. The fourth-order valence-electron chi connectivity index (χ4n) is 2.04. The van der Waals surface area contributed by atoms with Gasteiger partial charge in [0.25, 0.3) is 0 Å². The molecule has 0 aliphatic carbocycles. The van der Waals surface area contributed by atoms with E-state index in [4.69, 9.17) is 10.9 Å². The standard InChI is InChI=1S/C15H15F2N3O/c1-20(13-4-2-3-11(16)7-13)9-10-5-6-12(17)8-14(10)15(18)19-21/h2-8,21H,9H2,1H3,(H2,18,19). The largest absolute Gasteiger partial charge is 0.409 e. The molecule has 0 spiro atoms. The molecule has 2 aromatic carbocycles. The van der Waals surface area contributed by atoms with Crippen LogP contribution < -0.4 is 10.6 Å². The van der Waals surface area contributed by atoms with Crippen LogP contribution in [0.5, 0.6) is 0 Å². The van der Waals surface area contributed by atoms with Gasteiger partial charge in [0.05, 0.1) is 0 Å². The van der Waals surface area contributed by atoms with E-state index in [1.165, 1.54) is 24.3 Å². The number of rotatable bonds is 4. The number of benzene rings is 2. The first kappa shape index (κ1) is 14.8. The van der Waals surface area contributed by atoms with Crippen molar-refractivity contribution in [3.8, 4) is 0 Å². The highest BCUT2D eigenvalue weighted by molar-refractivity contribution is 5.98. The van der Waals surface area contributed by atoms with Crippen molar-refractivity contribution in [2.75, 3.05) is 11.9 Å². The molecule has 0 saturated carbocycles. The highest BCUT2D eigenvalue weighted by Crippen LogP contribution is 2.19. The first-order valence-corrected chi connectivity index (χ1v) is 6.24. The second-order valence-corrected chi connectivity index (χ2v) is 4.62. The Bertz CT molecular complexity index is 674. The molecule has 0 aromatic heterocycles. The van der Waals surface area contributed by atoms with Gasteiger partial charge in [-0.2, -0.15) is 0 Å². The van der Waals surface area contributed by atoms with Gasteiger partial charge in [-0.3, -0.25) is 0 Å². The van der Waals surface area contributed by atoms with Crippen LogP contribution in [0.2, 0.25) is 0 Å². The maximum Gasteiger partial charge on any atom is 0.170 e. The molecule has 0 aliphatic heterocycles. The predicted molar refractivity (Wildman–Crippen MR) is 77.4 cm³/mol. The Hall–Kier alpha value is -2.63. The van der Waals surface area contributed by atoms with E-state index in [-0.39, 0.29) is 11.7 Å². The topological polar surface area (TPSA) is 61.8 Å². The van der Waals surface area contributed by atoms with E-state index in [0.29, 0.717) is 23.4 Å². The van der Waals surface area contributed by atoms with E-state index in [1.54, 1.807) is 30.1 Å². The van der Waals surface area contributed by atoms with Crippen LogP contribution in [0.4, 0.5) is 14.5 Å². The Balaban J connectivity index is 2.31. The second-order valence-electron chi connectivity index (χ2n) is 4.62. The molecule has 0 unspecified atom stereocenters. The Kier molecular flexibility index (Phi) is 4.37. The Morgan fingerprint density at radius 2 is 1.90 bits per heavy atom. The molecule has 110 valence electrons. The van der Waals surface area contributed by atoms with Gasteiger partial charge in [0.15, 0.2) is 5.84 Å². The molecule has 0 bridgehead atoms. The minimum absolute atomic E-state index is 0.169. The number of hydrogen-bond acceptors (Lipinski definition) is 3. The van der Waals surface area contributed by atoms with E-state index in [2.05, 4.69) is 5.16 Å². The number of oxime groups is 1. The Labute approximate surface area is 121 Å². The third-order valence-electron chi connectivity index (χ3n) is 3.11. The van der Waals surface area contributed by atoms with Crippen LogP contribution in [0.15, 0.2) is 47.6 Å². The van der Waals surface area contributed by atoms with Crippen LogP contribution in [0.1, 0.15) is 11.1 Å². The first-order chi connectivity index (χ1) is 10.0. The molecule has 0 amide bonds. The quantitative estimate of drug-likeness (QED) is 0.394. The molecule has 6 heteroatoms. The summed E-state index contributed by atoms with van der Waals surface area (Å²) in [6, 6.07) is 10.2. The fourth-order valence-corrected chi connectivity index (χ4v) is 2.04. The molecule has 0 fully saturated rings. The highest BCUT2D eigenvalue weighted by Gasteiger charge is 2.11. The first-order valence-electron chi connectivity index (χ1n) is 6.24. The van der Waals surface area contributed by atoms with Crippen molar-refractivity contribution < 1.29 is 14.0 Å². The van der Waals surface area contributed by atoms with Gasteiger partial charge >= 0.3 is 0 Å². The predicted octanol–water partition coefficient (Wildman–Crippen LogP) is 2.70.